The second-order valence-corrected chi connectivity index (χ2v) is 3.47. The molecule has 0 unspecified atom stereocenters. The zero-order chi connectivity index (χ0) is 12.7. The van der Waals surface area contributed by atoms with Gasteiger partial charge in [0, 0.05) is 19.2 Å². The van der Waals surface area contributed by atoms with E-state index in [0.717, 1.165) is 5.69 Å². The molecule has 0 radical (unpaired) electrons. The lowest BCUT2D eigenvalue weighted by Crippen LogP contribution is -2.29. The molecular formula is C12H19NO4. The molecule has 0 atom stereocenters. The predicted octanol–water partition coefficient (Wildman–Crippen LogP) is 0.495. The lowest BCUT2D eigenvalue weighted by molar-refractivity contribution is 0.280. The molecule has 0 aliphatic heterocycles. The summed E-state index contributed by atoms with van der Waals surface area (Å²) in [6, 6.07) is 5.44. The molecule has 1 rings (SSSR count). The van der Waals surface area contributed by atoms with Gasteiger partial charge >= 0.3 is 0 Å². The molecular weight excluding hydrogens is 222 g/mol. The van der Waals surface area contributed by atoms with Gasteiger partial charge in [-0.2, -0.15) is 0 Å². The first-order valence-electron chi connectivity index (χ1n) is 5.45. The van der Waals surface area contributed by atoms with Crippen LogP contribution >= 0.6 is 0 Å². The minimum Gasteiger partial charge on any atom is -0.497 e. The lowest BCUT2D eigenvalue weighted by atomic mass is 10.2. The summed E-state index contributed by atoms with van der Waals surface area (Å²) < 4.78 is 10.4. The SMILES string of the molecule is COc1ccc(N(CCO)CCO)c(OC)c1. The van der Waals surface area contributed by atoms with Crippen LogP contribution in [0.25, 0.3) is 0 Å². The molecule has 2 N–H and O–H groups in total. The van der Waals surface area contributed by atoms with Crippen LogP contribution in [-0.2, 0) is 0 Å². The van der Waals surface area contributed by atoms with E-state index >= 15 is 0 Å². The average molecular weight is 241 g/mol. The van der Waals surface area contributed by atoms with Crippen LogP contribution in [0.15, 0.2) is 18.2 Å². The second-order valence-electron chi connectivity index (χ2n) is 3.47. The number of aliphatic hydroxyl groups excluding tert-OH is 2. The van der Waals surface area contributed by atoms with Gasteiger partial charge < -0.3 is 24.6 Å². The van der Waals surface area contributed by atoms with Gasteiger partial charge in [0.1, 0.15) is 11.5 Å². The van der Waals surface area contributed by atoms with Crippen molar-refractivity contribution in [3.8, 4) is 11.5 Å². The Morgan fingerprint density at radius 3 is 2.18 bits per heavy atom. The van der Waals surface area contributed by atoms with Gasteiger partial charge in [-0.1, -0.05) is 0 Å². The summed E-state index contributed by atoms with van der Waals surface area (Å²) in [6.07, 6.45) is 0. The molecule has 96 valence electrons. The van der Waals surface area contributed by atoms with Crippen LogP contribution < -0.4 is 14.4 Å². The van der Waals surface area contributed by atoms with Crippen molar-refractivity contribution in [1.82, 2.24) is 0 Å². The smallest absolute Gasteiger partial charge is 0.145 e. The van der Waals surface area contributed by atoms with Crippen LogP contribution in [0.2, 0.25) is 0 Å². The Morgan fingerprint density at radius 2 is 1.71 bits per heavy atom. The summed E-state index contributed by atoms with van der Waals surface area (Å²) in [5.41, 5.74) is 0.830. The third-order valence-corrected chi connectivity index (χ3v) is 2.47. The molecule has 0 heterocycles. The highest BCUT2D eigenvalue weighted by Gasteiger charge is 2.12. The maximum absolute atomic E-state index is 9.00. The van der Waals surface area contributed by atoms with E-state index < -0.39 is 0 Å². The minimum absolute atomic E-state index is 0.0230. The van der Waals surface area contributed by atoms with Crippen LogP contribution in [0, 0.1) is 0 Å². The fourth-order valence-electron chi connectivity index (χ4n) is 1.64. The quantitative estimate of drug-likeness (QED) is 0.727. The number of benzene rings is 1. The largest absolute Gasteiger partial charge is 0.497 e. The Hall–Kier alpha value is -1.46. The van der Waals surface area contributed by atoms with Gasteiger partial charge in [-0.15, -0.1) is 0 Å². The molecule has 1 aromatic carbocycles. The van der Waals surface area contributed by atoms with E-state index in [1.165, 1.54) is 0 Å². The summed E-state index contributed by atoms with van der Waals surface area (Å²) in [4.78, 5) is 1.86. The molecule has 0 saturated carbocycles. The minimum atomic E-state index is 0.0230. The van der Waals surface area contributed by atoms with E-state index in [4.69, 9.17) is 19.7 Å². The van der Waals surface area contributed by atoms with Crippen molar-refractivity contribution < 1.29 is 19.7 Å². The highest BCUT2D eigenvalue weighted by atomic mass is 16.5. The summed E-state index contributed by atoms with van der Waals surface area (Å²) in [6.45, 7) is 0.941. The Bertz CT molecular complexity index is 337. The van der Waals surface area contributed by atoms with E-state index in [2.05, 4.69) is 0 Å². The standard InChI is InChI=1S/C12H19NO4/c1-16-10-3-4-11(12(9-10)17-2)13(5-7-14)6-8-15/h3-4,9,14-15H,5-8H2,1-2H3. The Balaban J connectivity index is 2.99. The number of nitrogens with zero attached hydrogens (tertiary/aromatic N) is 1. The molecule has 0 spiro atoms. The topological polar surface area (TPSA) is 62.2 Å². The first kappa shape index (κ1) is 13.6. The molecule has 17 heavy (non-hydrogen) atoms. The van der Waals surface area contributed by atoms with Crippen molar-refractivity contribution in [2.75, 3.05) is 45.4 Å². The first-order valence-corrected chi connectivity index (χ1v) is 5.45. The third-order valence-electron chi connectivity index (χ3n) is 2.47. The van der Waals surface area contributed by atoms with Crippen molar-refractivity contribution in [3.63, 3.8) is 0 Å². The number of hydrogen-bond donors (Lipinski definition) is 2. The number of methoxy groups -OCH3 is 2. The summed E-state index contributed by atoms with van der Waals surface area (Å²) in [7, 11) is 3.17. The van der Waals surface area contributed by atoms with Gasteiger partial charge in [-0.05, 0) is 12.1 Å². The summed E-state index contributed by atoms with van der Waals surface area (Å²) >= 11 is 0. The van der Waals surface area contributed by atoms with E-state index in [1.54, 1.807) is 20.3 Å². The molecule has 0 aromatic heterocycles. The van der Waals surface area contributed by atoms with Gasteiger partial charge in [0.25, 0.3) is 0 Å². The maximum Gasteiger partial charge on any atom is 0.145 e. The molecule has 5 nitrogen and oxygen atoms in total. The number of anilines is 1. The van der Waals surface area contributed by atoms with Crippen molar-refractivity contribution in [3.05, 3.63) is 18.2 Å². The van der Waals surface area contributed by atoms with Crippen LogP contribution in [0.5, 0.6) is 11.5 Å². The third kappa shape index (κ3) is 3.51. The van der Waals surface area contributed by atoms with E-state index in [-0.39, 0.29) is 13.2 Å². The van der Waals surface area contributed by atoms with Crippen LogP contribution in [-0.4, -0.2) is 50.7 Å². The van der Waals surface area contributed by atoms with Crippen LogP contribution in [0.1, 0.15) is 0 Å². The van der Waals surface area contributed by atoms with Crippen LogP contribution in [0.3, 0.4) is 0 Å². The molecule has 5 heteroatoms. The fraction of sp³-hybridized carbons (Fsp3) is 0.500. The first-order chi connectivity index (χ1) is 8.26. The van der Waals surface area contributed by atoms with Gasteiger partial charge in [-0.3, -0.25) is 0 Å². The van der Waals surface area contributed by atoms with Crippen molar-refractivity contribution in [1.29, 1.82) is 0 Å². The summed E-state index contributed by atoms with van der Waals surface area (Å²) in [5, 5.41) is 18.0. The molecule has 0 amide bonds. The van der Waals surface area contributed by atoms with E-state index in [1.807, 2.05) is 17.0 Å². The Labute approximate surface area is 101 Å². The van der Waals surface area contributed by atoms with Gasteiger partial charge in [0.05, 0.1) is 33.1 Å². The molecule has 0 bridgehead atoms. The predicted molar refractivity (Wildman–Crippen MR) is 65.9 cm³/mol. The number of rotatable bonds is 7. The average Bonchev–Trinajstić information content (AvgIpc) is 2.37. The molecule has 0 aliphatic rings. The van der Waals surface area contributed by atoms with Crippen molar-refractivity contribution in [2.24, 2.45) is 0 Å². The summed E-state index contributed by atoms with van der Waals surface area (Å²) in [5.74, 6) is 1.37. The lowest BCUT2D eigenvalue weighted by Gasteiger charge is -2.25. The van der Waals surface area contributed by atoms with Crippen LogP contribution in [0.4, 0.5) is 5.69 Å². The number of ether oxygens (including phenoxy) is 2. The highest BCUT2D eigenvalue weighted by molar-refractivity contribution is 5.61. The molecule has 0 fully saturated rings. The van der Waals surface area contributed by atoms with E-state index in [9.17, 15) is 0 Å². The molecule has 0 aliphatic carbocycles. The Kier molecular flexibility index (Phi) is 5.59. The number of aliphatic hydroxyl groups is 2. The normalized spacial score (nSPS) is 10.1. The number of hydrogen-bond acceptors (Lipinski definition) is 5. The van der Waals surface area contributed by atoms with Gasteiger partial charge in [0.15, 0.2) is 0 Å². The zero-order valence-electron chi connectivity index (χ0n) is 10.2. The Morgan fingerprint density at radius 1 is 1.06 bits per heavy atom. The second kappa shape index (κ2) is 6.98. The van der Waals surface area contributed by atoms with Gasteiger partial charge in [-0.25, -0.2) is 0 Å². The van der Waals surface area contributed by atoms with E-state index in [0.29, 0.717) is 24.6 Å². The molecule has 0 saturated heterocycles. The fourth-order valence-corrected chi connectivity index (χ4v) is 1.64. The zero-order valence-corrected chi connectivity index (χ0v) is 10.2. The van der Waals surface area contributed by atoms with Crippen molar-refractivity contribution >= 4 is 5.69 Å². The molecule has 1 aromatic rings. The van der Waals surface area contributed by atoms with Gasteiger partial charge in [0.2, 0.25) is 0 Å². The van der Waals surface area contributed by atoms with Crippen molar-refractivity contribution in [2.45, 2.75) is 0 Å². The maximum atomic E-state index is 9.00. The monoisotopic (exact) mass is 241 g/mol. The highest BCUT2D eigenvalue weighted by Crippen LogP contribution is 2.31.